The summed E-state index contributed by atoms with van der Waals surface area (Å²) in [6, 6.07) is 6.81. The summed E-state index contributed by atoms with van der Waals surface area (Å²) >= 11 is 0. The monoisotopic (exact) mass is 330 g/mol. The van der Waals surface area contributed by atoms with Crippen molar-refractivity contribution in [3.63, 3.8) is 0 Å². The van der Waals surface area contributed by atoms with Crippen molar-refractivity contribution >= 4 is 17.4 Å². The van der Waals surface area contributed by atoms with E-state index in [1.165, 1.54) is 24.3 Å². The number of aromatic nitrogens is 1. The largest absolute Gasteiger partial charge is 0.454 e. The molecule has 0 aliphatic carbocycles. The van der Waals surface area contributed by atoms with Gasteiger partial charge in [0.25, 0.3) is 5.69 Å². The number of carbonyl (C=O) groups excluding carboxylic acids is 2. The summed E-state index contributed by atoms with van der Waals surface area (Å²) < 4.78 is 7.02. The van der Waals surface area contributed by atoms with Crippen LogP contribution in [0.2, 0.25) is 0 Å². The van der Waals surface area contributed by atoms with Gasteiger partial charge in [-0.2, -0.15) is 0 Å². The number of non-ortho nitro benzene ring substituents is 1. The van der Waals surface area contributed by atoms with Crippen LogP contribution in [-0.2, 0) is 11.3 Å². The van der Waals surface area contributed by atoms with Crippen LogP contribution in [0.25, 0.3) is 0 Å². The molecule has 0 N–H and O–H groups in total. The second kappa shape index (κ2) is 7.08. The number of esters is 1. The van der Waals surface area contributed by atoms with Crippen molar-refractivity contribution in [1.29, 1.82) is 0 Å². The van der Waals surface area contributed by atoms with Crippen LogP contribution < -0.4 is 0 Å². The number of carbonyl (C=O) groups is 2. The summed E-state index contributed by atoms with van der Waals surface area (Å²) in [6.45, 7) is 6.14. The molecule has 7 heteroatoms. The highest BCUT2D eigenvalue weighted by Crippen LogP contribution is 2.16. The third kappa shape index (κ3) is 3.51. The number of hydrogen-bond acceptors (Lipinski definition) is 5. The molecule has 1 aromatic carbocycles. The average Bonchev–Trinajstić information content (AvgIpc) is 2.86. The molecule has 0 spiro atoms. The first-order chi connectivity index (χ1) is 11.3. The minimum atomic E-state index is -0.692. The molecule has 0 amide bonds. The van der Waals surface area contributed by atoms with Gasteiger partial charge in [-0.3, -0.25) is 14.9 Å². The number of hydrogen-bond donors (Lipinski definition) is 0. The van der Waals surface area contributed by atoms with Crippen LogP contribution in [0.5, 0.6) is 0 Å². The maximum atomic E-state index is 12.2. The molecule has 0 saturated heterocycles. The Labute approximate surface area is 139 Å². The fourth-order valence-electron chi connectivity index (χ4n) is 2.58. The Morgan fingerprint density at radius 3 is 2.33 bits per heavy atom. The Morgan fingerprint density at radius 2 is 1.83 bits per heavy atom. The predicted octanol–water partition coefficient (Wildman–Crippen LogP) is 3.07. The van der Waals surface area contributed by atoms with Crippen molar-refractivity contribution in [3.05, 3.63) is 63.0 Å². The molecular formula is C17H18N2O5. The lowest BCUT2D eigenvalue weighted by atomic mass is 10.1. The van der Waals surface area contributed by atoms with E-state index in [0.29, 0.717) is 5.56 Å². The number of ketones is 1. The van der Waals surface area contributed by atoms with Gasteiger partial charge in [0, 0.05) is 35.6 Å². The van der Waals surface area contributed by atoms with Crippen LogP contribution in [0.1, 0.15) is 39.0 Å². The molecule has 0 aliphatic heterocycles. The van der Waals surface area contributed by atoms with Crippen molar-refractivity contribution < 1.29 is 19.2 Å². The molecule has 0 bridgehead atoms. The van der Waals surface area contributed by atoms with Crippen LogP contribution >= 0.6 is 0 Å². The summed E-state index contributed by atoms with van der Waals surface area (Å²) in [5.74, 6) is -0.972. The van der Waals surface area contributed by atoms with E-state index in [2.05, 4.69) is 0 Å². The maximum Gasteiger partial charge on any atom is 0.338 e. The van der Waals surface area contributed by atoms with Crippen LogP contribution in [0.15, 0.2) is 30.3 Å². The third-order valence-electron chi connectivity index (χ3n) is 3.84. The van der Waals surface area contributed by atoms with Crippen LogP contribution in [0.4, 0.5) is 5.69 Å². The Morgan fingerprint density at radius 1 is 1.21 bits per heavy atom. The molecular weight excluding hydrogens is 312 g/mol. The number of ether oxygens (including phenoxy) is 1. The van der Waals surface area contributed by atoms with E-state index in [1.807, 2.05) is 25.3 Å². The van der Waals surface area contributed by atoms with E-state index in [1.54, 1.807) is 6.07 Å². The highest BCUT2D eigenvalue weighted by molar-refractivity contribution is 6.00. The second-order valence-electron chi connectivity index (χ2n) is 5.33. The van der Waals surface area contributed by atoms with Crippen molar-refractivity contribution in [2.45, 2.75) is 27.3 Å². The first-order valence-corrected chi connectivity index (χ1v) is 7.46. The zero-order valence-electron chi connectivity index (χ0n) is 13.7. The smallest absolute Gasteiger partial charge is 0.338 e. The molecule has 0 aliphatic rings. The number of benzene rings is 1. The second-order valence-corrected chi connectivity index (χ2v) is 5.33. The molecule has 2 aromatic rings. The Hall–Kier alpha value is -2.96. The van der Waals surface area contributed by atoms with Gasteiger partial charge in [-0.25, -0.2) is 4.79 Å². The fourth-order valence-corrected chi connectivity index (χ4v) is 2.58. The minimum Gasteiger partial charge on any atom is -0.454 e. The Bertz CT molecular complexity index is 790. The molecule has 0 saturated carbocycles. The van der Waals surface area contributed by atoms with Crippen molar-refractivity contribution in [2.24, 2.45) is 0 Å². The van der Waals surface area contributed by atoms with Crippen LogP contribution in [0.3, 0.4) is 0 Å². The quantitative estimate of drug-likeness (QED) is 0.351. The van der Waals surface area contributed by atoms with Crippen LogP contribution in [-0.4, -0.2) is 27.8 Å². The van der Waals surface area contributed by atoms with E-state index in [-0.39, 0.29) is 23.6 Å². The average molecular weight is 330 g/mol. The molecule has 1 aromatic heterocycles. The molecule has 0 unspecified atom stereocenters. The molecule has 7 nitrogen and oxygen atoms in total. The number of aryl methyl sites for hydroxylation is 1. The van der Waals surface area contributed by atoms with Gasteiger partial charge >= 0.3 is 5.97 Å². The lowest BCUT2D eigenvalue weighted by Gasteiger charge is -2.06. The Kier molecular flexibility index (Phi) is 5.13. The summed E-state index contributed by atoms with van der Waals surface area (Å²) in [4.78, 5) is 34.2. The first kappa shape index (κ1) is 17.4. The minimum absolute atomic E-state index is 0.116. The van der Waals surface area contributed by atoms with Gasteiger partial charge in [-0.1, -0.05) is 0 Å². The summed E-state index contributed by atoms with van der Waals surface area (Å²) in [6.07, 6.45) is 0. The Balaban J connectivity index is 2.03. The first-order valence-electron chi connectivity index (χ1n) is 7.46. The molecule has 126 valence electrons. The number of rotatable bonds is 6. The lowest BCUT2D eigenvalue weighted by molar-refractivity contribution is -0.384. The van der Waals surface area contributed by atoms with Gasteiger partial charge in [-0.05, 0) is 39.0 Å². The normalized spacial score (nSPS) is 10.5. The highest BCUT2D eigenvalue weighted by Gasteiger charge is 2.17. The van der Waals surface area contributed by atoms with E-state index in [0.717, 1.165) is 17.9 Å². The van der Waals surface area contributed by atoms with E-state index in [4.69, 9.17) is 4.74 Å². The van der Waals surface area contributed by atoms with Gasteiger partial charge in [0.15, 0.2) is 6.61 Å². The summed E-state index contributed by atoms with van der Waals surface area (Å²) in [5.41, 5.74) is 2.39. The van der Waals surface area contributed by atoms with Gasteiger partial charge in [0.1, 0.15) is 0 Å². The number of nitro benzene ring substituents is 1. The summed E-state index contributed by atoms with van der Waals surface area (Å²) in [5, 5.41) is 10.6. The van der Waals surface area contributed by atoms with Gasteiger partial charge in [0.05, 0.1) is 10.5 Å². The van der Waals surface area contributed by atoms with Crippen molar-refractivity contribution in [1.82, 2.24) is 4.57 Å². The highest BCUT2D eigenvalue weighted by atomic mass is 16.6. The molecule has 1 heterocycles. The fraction of sp³-hybridized carbons (Fsp3) is 0.294. The third-order valence-corrected chi connectivity index (χ3v) is 3.84. The van der Waals surface area contributed by atoms with Crippen LogP contribution in [0, 0.1) is 24.0 Å². The molecule has 0 fully saturated rings. The maximum absolute atomic E-state index is 12.2. The topological polar surface area (TPSA) is 91.4 Å². The molecule has 24 heavy (non-hydrogen) atoms. The van der Waals surface area contributed by atoms with Gasteiger partial charge < -0.3 is 9.30 Å². The lowest BCUT2D eigenvalue weighted by Crippen LogP contribution is -2.15. The van der Waals surface area contributed by atoms with E-state index in [9.17, 15) is 19.7 Å². The van der Waals surface area contributed by atoms with Crippen molar-refractivity contribution in [3.8, 4) is 0 Å². The van der Waals surface area contributed by atoms with Gasteiger partial charge in [0.2, 0.25) is 5.78 Å². The molecule has 2 rings (SSSR count). The van der Waals surface area contributed by atoms with E-state index >= 15 is 0 Å². The molecule has 0 atom stereocenters. The van der Waals surface area contributed by atoms with E-state index < -0.39 is 10.9 Å². The number of nitrogens with zero attached hydrogens (tertiary/aromatic N) is 2. The van der Waals surface area contributed by atoms with Crippen molar-refractivity contribution in [2.75, 3.05) is 6.61 Å². The zero-order valence-corrected chi connectivity index (χ0v) is 13.7. The summed E-state index contributed by atoms with van der Waals surface area (Å²) in [7, 11) is 0. The number of nitro groups is 1. The standard InChI is InChI=1S/C17H18N2O5/c1-4-18-11(2)9-15(12(18)3)16(20)10-24-17(21)13-5-7-14(8-6-13)19(22)23/h5-9H,4,10H2,1-3H3. The van der Waals surface area contributed by atoms with Gasteiger partial charge in [-0.15, -0.1) is 0 Å². The number of Topliss-reactive ketones (excluding diaryl/α,β-unsaturated/α-hetero) is 1. The SMILES string of the molecule is CCn1c(C)cc(C(=O)COC(=O)c2ccc([N+](=O)[O-])cc2)c1C. The predicted molar refractivity (Wildman–Crippen MR) is 87.3 cm³/mol. The molecule has 0 radical (unpaired) electrons. The zero-order chi connectivity index (χ0) is 17.9.